The first-order valence-corrected chi connectivity index (χ1v) is 9.72. The van der Waals surface area contributed by atoms with E-state index in [0.29, 0.717) is 23.9 Å². The van der Waals surface area contributed by atoms with Crippen LogP contribution < -0.4 is 5.56 Å². The maximum absolute atomic E-state index is 13.0. The van der Waals surface area contributed by atoms with E-state index in [1.807, 2.05) is 37.8 Å². The largest absolute Gasteiger partial charge is 0.444 e. The van der Waals surface area contributed by atoms with Crippen molar-refractivity contribution in [2.24, 2.45) is 0 Å². The number of amides is 1. The van der Waals surface area contributed by atoms with Gasteiger partial charge in [-0.25, -0.2) is 9.78 Å². The predicted octanol–water partition coefficient (Wildman–Crippen LogP) is 3.48. The molecule has 0 spiro atoms. The number of benzene rings is 1. The Bertz CT molecular complexity index is 947. The molecular formula is C19H22BrN3O3. The van der Waals surface area contributed by atoms with Crippen molar-refractivity contribution < 1.29 is 9.53 Å². The highest BCUT2D eigenvalue weighted by molar-refractivity contribution is 9.10. The molecule has 0 aliphatic carbocycles. The second-order valence-corrected chi connectivity index (χ2v) is 9.00. The Morgan fingerprint density at radius 1 is 1.27 bits per heavy atom. The van der Waals surface area contributed by atoms with Gasteiger partial charge in [-0.1, -0.05) is 15.9 Å². The quantitative estimate of drug-likeness (QED) is 0.655. The molecule has 1 aromatic carbocycles. The Hall–Kier alpha value is -1.89. The summed E-state index contributed by atoms with van der Waals surface area (Å²) in [7, 11) is 0. The summed E-state index contributed by atoms with van der Waals surface area (Å²) in [5.41, 5.74) is 0.123. The van der Waals surface area contributed by atoms with Crippen molar-refractivity contribution in [1.29, 1.82) is 0 Å². The highest BCUT2D eigenvalue weighted by Gasteiger charge is 2.42. The van der Waals surface area contributed by atoms with Gasteiger partial charge in [0.15, 0.2) is 0 Å². The average Bonchev–Trinajstić information content (AvgIpc) is 2.82. The van der Waals surface area contributed by atoms with Crippen molar-refractivity contribution in [2.75, 3.05) is 0 Å². The van der Waals surface area contributed by atoms with Gasteiger partial charge in [0.25, 0.3) is 5.56 Å². The van der Waals surface area contributed by atoms with Crippen LogP contribution in [0.15, 0.2) is 27.5 Å². The van der Waals surface area contributed by atoms with Gasteiger partial charge in [-0.05, 0) is 51.8 Å². The van der Waals surface area contributed by atoms with Gasteiger partial charge in [-0.3, -0.25) is 14.3 Å². The Balaban J connectivity index is 1.75. The number of rotatable bonds is 0. The van der Waals surface area contributed by atoms with Gasteiger partial charge in [0.2, 0.25) is 0 Å². The summed E-state index contributed by atoms with van der Waals surface area (Å²) in [6, 6.07) is 5.53. The lowest BCUT2D eigenvalue weighted by atomic mass is 10.1. The lowest BCUT2D eigenvalue weighted by Crippen LogP contribution is -2.45. The number of aromatic nitrogens is 2. The van der Waals surface area contributed by atoms with Crippen LogP contribution in [-0.2, 0) is 17.7 Å². The first-order chi connectivity index (χ1) is 12.2. The fourth-order valence-electron chi connectivity index (χ4n) is 3.96. The third-order valence-corrected chi connectivity index (χ3v) is 5.53. The molecule has 3 heterocycles. The number of halogens is 1. The molecule has 1 saturated heterocycles. The van der Waals surface area contributed by atoms with Crippen LogP contribution in [-0.4, -0.2) is 38.2 Å². The summed E-state index contributed by atoms with van der Waals surface area (Å²) in [5, 5.41) is 0.610. The van der Waals surface area contributed by atoms with Crippen molar-refractivity contribution in [3.63, 3.8) is 0 Å². The Morgan fingerprint density at radius 2 is 2.00 bits per heavy atom. The molecule has 2 aliphatic rings. The Kier molecular flexibility index (Phi) is 4.10. The van der Waals surface area contributed by atoms with E-state index in [1.165, 1.54) is 0 Å². The molecule has 2 aromatic rings. The predicted molar refractivity (Wildman–Crippen MR) is 102 cm³/mol. The molecule has 1 fully saturated rings. The summed E-state index contributed by atoms with van der Waals surface area (Å²) in [4.78, 5) is 32.3. The van der Waals surface area contributed by atoms with E-state index in [2.05, 4.69) is 15.9 Å². The first-order valence-electron chi connectivity index (χ1n) is 8.93. The molecule has 1 amide bonds. The molecule has 4 rings (SSSR count). The lowest BCUT2D eigenvalue weighted by molar-refractivity contribution is 0.0146. The van der Waals surface area contributed by atoms with Crippen LogP contribution in [0.25, 0.3) is 10.9 Å². The van der Waals surface area contributed by atoms with E-state index in [9.17, 15) is 9.59 Å². The standard InChI is InChI=1S/C19H22BrN3O3/c1-19(2,3)26-18(25)23-12-5-6-13(23)10-22-16(9-12)21-15-8-11(20)4-7-14(15)17(22)24/h4,7-8,12-13H,5-6,9-10H2,1-3H3. The molecule has 2 atom stereocenters. The third kappa shape index (κ3) is 3.02. The monoisotopic (exact) mass is 419 g/mol. The van der Waals surface area contributed by atoms with Gasteiger partial charge in [0.1, 0.15) is 11.4 Å². The van der Waals surface area contributed by atoms with Crippen molar-refractivity contribution in [1.82, 2.24) is 14.5 Å². The molecule has 0 N–H and O–H groups in total. The Morgan fingerprint density at radius 3 is 2.73 bits per heavy atom. The van der Waals surface area contributed by atoms with Crippen molar-refractivity contribution >= 4 is 32.9 Å². The number of hydrogen-bond donors (Lipinski definition) is 0. The highest BCUT2D eigenvalue weighted by Crippen LogP contribution is 2.32. The minimum Gasteiger partial charge on any atom is -0.444 e. The van der Waals surface area contributed by atoms with Gasteiger partial charge < -0.3 is 4.74 Å². The molecule has 2 bridgehead atoms. The van der Waals surface area contributed by atoms with Crippen molar-refractivity contribution in [2.45, 2.75) is 64.3 Å². The third-order valence-electron chi connectivity index (χ3n) is 5.03. The molecule has 7 heteroatoms. The minimum atomic E-state index is -0.536. The highest BCUT2D eigenvalue weighted by atomic mass is 79.9. The number of ether oxygens (including phenoxy) is 1. The lowest BCUT2D eigenvalue weighted by Gasteiger charge is -2.30. The molecule has 0 saturated carbocycles. The fraction of sp³-hybridized carbons (Fsp3) is 0.526. The Labute approximate surface area is 160 Å². The van der Waals surface area contributed by atoms with Gasteiger partial charge in [0.05, 0.1) is 16.9 Å². The summed E-state index contributed by atoms with van der Waals surface area (Å²) < 4.78 is 8.25. The topological polar surface area (TPSA) is 64.4 Å². The molecule has 138 valence electrons. The van der Waals surface area contributed by atoms with E-state index in [4.69, 9.17) is 9.72 Å². The number of fused-ring (bicyclic) bond motifs is 4. The molecule has 2 unspecified atom stereocenters. The van der Waals surface area contributed by atoms with E-state index in [-0.39, 0.29) is 23.7 Å². The zero-order valence-corrected chi connectivity index (χ0v) is 16.7. The maximum atomic E-state index is 13.0. The second kappa shape index (κ2) is 6.08. The molecule has 2 aliphatic heterocycles. The molecule has 6 nitrogen and oxygen atoms in total. The van der Waals surface area contributed by atoms with Crippen LogP contribution >= 0.6 is 15.9 Å². The number of nitrogens with zero attached hydrogens (tertiary/aromatic N) is 3. The second-order valence-electron chi connectivity index (χ2n) is 8.08. The van der Waals surface area contributed by atoms with Gasteiger partial charge in [-0.15, -0.1) is 0 Å². The molecule has 1 aromatic heterocycles. The zero-order chi connectivity index (χ0) is 18.6. The van der Waals surface area contributed by atoms with E-state index in [1.54, 1.807) is 10.6 Å². The normalized spacial score (nSPS) is 22.2. The molecular weight excluding hydrogens is 398 g/mol. The maximum Gasteiger partial charge on any atom is 0.410 e. The van der Waals surface area contributed by atoms with E-state index in [0.717, 1.165) is 23.1 Å². The van der Waals surface area contributed by atoms with E-state index >= 15 is 0 Å². The smallest absolute Gasteiger partial charge is 0.410 e. The van der Waals surface area contributed by atoms with E-state index < -0.39 is 5.60 Å². The fourth-order valence-corrected chi connectivity index (χ4v) is 4.31. The van der Waals surface area contributed by atoms with Crippen LogP contribution in [0.4, 0.5) is 4.79 Å². The summed E-state index contributed by atoms with van der Waals surface area (Å²) in [6.07, 6.45) is 2.08. The molecule has 26 heavy (non-hydrogen) atoms. The van der Waals surface area contributed by atoms with Crippen LogP contribution in [0.2, 0.25) is 0 Å². The summed E-state index contributed by atoms with van der Waals surface area (Å²) in [5.74, 6) is 0.751. The van der Waals surface area contributed by atoms with Crippen molar-refractivity contribution in [3.8, 4) is 0 Å². The number of hydrogen-bond acceptors (Lipinski definition) is 4. The number of carbonyl (C=O) groups excluding carboxylic acids is 1. The van der Waals surface area contributed by atoms with Crippen molar-refractivity contribution in [3.05, 3.63) is 38.9 Å². The molecule has 0 radical (unpaired) electrons. The first kappa shape index (κ1) is 17.5. The van der Waals surface area contributed by atoms with Crippen LogP contribution in [0, 0.1) is 0 Å². The van der Waals surface area contributed by atoms with Crippen LogP contribution in [0.3, 0.4) is 0 Å². The van der Waals surface area contributed by atoms with Gasteiger partial charge >= 0.3 is 6.09 Å². The van der Waals surface area contributed by atoms with Crippen LogP contribution in [0.5, 0.6) is 0 Å². The summed E-state index contributed by atoms with van der Waals surface area (Å²) in [6.45, 7) is 6.09. The zero-order valence-electron chi connectivity index (χ0n) is 15.2. The van der Waals surface area contributed by atoms with Gasteiger partial charge in [-0.2, -0.15) is 0 Å². The van der Waals surface area contributed by atoms with Crippen LogP contribution in [0.1, 0.15) is 39.4 Å². The average molecular weight is 420 g/mol. The minimum absolute atomic E-state index is 0.0245. The number of carbonyl (C=O) groups is 1. The SMILES string of the molecule is CC(C)(C)OC(=O)N1C2CCC1Cn1c(nc3cc(Br)ccc3c1=O)C2. The summed E-state index contributed by atoms with van der Waals surface area (Å²) >= 11 is 3.44. The van der Waals surface area contributed by atoms with Gasteiger partial charge in [0, 0.05) is 23.5 Å².